The van der Waals surface area contributed by atoms with Crippen molar-refractivity contribution in [2.24, 2.45) is 4.99 Å². The lowest BCUT2D eigenvalue weighted by molar-refractivity contribution is 0.0655. The van der Waals surface area contributed by atoms with Crippen LogP contribution in [0.2, 0.25) is 0 Å². The molecular weight excluding hydrogens is 521 g/mol. The van der Waals surface area contributed by atoms with Crippen LogP contribution in [0.3, 0.4) is 0 Å². The zero-order valence-electron chi connectivity index (χ0n) is 18.8. The maximum Gasteiger partial charge on any atom is 0.191 e. The van der Waals surface area contributed by atoms with Crippen LogP contribution >= 0.6 is 35.3 Å². The van der Waals surface area contributed by atoms with Crippen LogP contribution in [-0.4, -0.2) is 67.2 Å². The molecule has 3 rings (SSSR count). The average molecular weight is 558 g/mol. The zero-order chi connectivity index (χ0) is 21.4. The molecule has 2 aromatic rings. The summed E-state index contributed by atoms with van der Waals surface area (Å²) >= 11 is 1.56. The molecule has 0 radical (unpaired) electrons. The van der Waals surface area contributed by atoms with Crippen LogP contribution in [0.1, 0.15) is 29.9 Å². The highest BCUT2D eigenvalue weighted by molar-refractivity contribution is 14.0. The first-order chi connectivity index (χ1) is 14.5. The van der Waals surface area contributed by atoms with Gasteiger partial charge in [0.05, 0.1) is 13.1 Å². The highest BCUT2D eigenvalue weighted by Gasteiger charge is 2.24. The summed E-state index contributed by atoms with van der Waals surface area (Å²) in [5.41, 5.74) is 1.61. The van der Waals surface area contributed by atoms with Gasteiger partial charge in [0.2, 0.25) is 0 Å². The molecule has 1 aromatic carbocycles. The van der Waals surface area contributed by atoms with Crippen molar-refractivity contribution in [2.45, 2.75) is 32.5 Å². The Kier molecular flexibility index (Phi) is 10.7. The van der Waals surface area contributed by atoms with E-state index >= 15 is 0 Å². The molecule has 3 N–H and O–H groups in total. The number of halogens is 1. The van der Waals surface area contributed by atoms with Gasteiger partial charge in [0.25, 0.3) is 0 Å². The van der Waals surface area contributed by atoms with E-state index in [-0.39, 0.29) is 24.0 Å². The molecule has 1 aliphatic rings. The van der Waals surface area contributed by atoms with Gasteiger partial charge >= 0.3 is 0 Å². The van der Waals surface area contributed by atoms with E-state index in [9.17, 15) is 5.11 Å². The standard InChI is InChI=1S/C23H35N5OS.HI/c1-4-24-22(26-18-23(2,29)21-6-5-15-30-21)25-16-19-7-9-20(10-8-19)17-28-13-11-27(3)12-14-28;/h5-10,15,29H,4,11-14,16-18H2,1-3H3,(H2,24,25,26);1H. The number of benzene rings is 1. The fourth-order valence-corrected chi connectivity index (χ4v) is 4.24. The fraction of sp³-hybridized carbons (Fsp3) is 0.522. The molecule has 1 atom stereocenters. The van der Waals surface area contributed by atoms with E-state index in [2.05, 4.69) is 51.7 Å². The number of rotatable bonds is 8. The number of guanidine groups is 1. The maximum atomic E-state index is 10.7. The van der Waals surface area contributed by atoms with E-state index in [1.807, 2.05) is 31.4 Å². The number of likely N-dealkylation sites (N-methyl/N-ethyl adjacent to an activating group) is 1. The van der Waals surface area contributed by atoms with Gasteiger partial charge < -0.3 is 20.6 Å². The lowest BCUT2D eigenvalue weighted by Gasteiger charge is -2.32. The van der Waals surface area contributed by atoms with Crippen molar-refractivity contribution in [1.82, 2.24) is 20.4 Å². The van der Waals surface area contributed by atoms with Gasteiger partial charge in [-0.05, 0) is 43.5 Å². The zero-order valence-corrected chi connectivity index (χ0v) is 22.0. The summed E-state index contributed by atoms with van der Waals surface area (Å²) in [6.45, 7) is 11.2. The van der Waals surface area contributed by atoms with E-state index < -0.39 is 5.60 Å². The second kappa shape index (κ2) is 12.7. The van der Waals surface area contributed by atoms with Crippen LogP contribution in [-0.2, 0) is 18.7 Å². The number of thiophene rings is 1. The van der Waals surface area contributed by atoms with Crippen molar-refractivity contribution < 1.29 is 5.11 Å². The lowest BCUT2D eigenvalue weighted by Crippen LogP contribution is -2.44. The normalized spacial score (nSPS) is 17.6. The Balaban J connectivity index is 0.00000341. The molecule has 31 heavy (non-hydrogen) atoms. The summed E-state index contributed by atoms with van der Waals surface area (Å²) in [6.07, 6.45) is 0. The predicted octanol–water partition coefficient (Wildman–Crippen LogP) is 3.08. The fourth-order valence-electron chi connectivity index (χ4n) is 3.45. The molecule has 1 aromatic heterocycles. The van der Waals surface area contributed by atoms with Crippen LogP contribution < -0.4 is 10.6 Å². The Labute approximate surface area is 207 Å². The number of hydrogen-bond donors (Lipinski definition) is 3. The first-order valence-electron chi connectivity index (χ1n) is 10.7. The van der Waals surface area contributed by atoms with E-state index in [0.29, 0.717) is 13.1 Å². The summed E-state index contributed by atoms with van der Waals surface area (Å²) in [6, 6.07) is 12.7. The predicted molar refractivity (Wildman–Crippen MR) is 141 cm³/mol. The van der Waals surface area contributed by atoms with Gasteiger partial charge in [0.15, 0.2) is 5.96 Å². The molecule has 0 bridgehead atoms. The third-order valence-corrected chi connectivity index (χ3v) is 6.56. The second-order valence-electron chi connectivity index (χ2n) is 8.20. The number of hydrogen-bond acceptors (Lipinski definition) is 5. The highest BCUT2D eigenvalue weighted by Crippen LogP contribution is 2.24. The van der Waals surface area contributed by atoms with Gasteiger partial charge in [-0.25, -0.2) is 4.99 Å². The topological polar surface area (TPSA) is 63.1 Å². The highest BCUT2D eigenvalue weighted by atomic mass is 127. The number of piperazine rings is 1. The minimum atomic E-state index is -0.921. The molecular formula is C23H36IN5OS. The van der Waals surface area contributed by atoms with Crippen molar-refractivity contribution in [2.75, 3.05) is 46.3 Å². The largest absolute Gasteiger partial charge is 0.383 e. The van der Waals surface area contributed by atoms with E-state index in [1.165, 1.54) is 11.1 Å². The van der Waals surface area contributed by atoms with Crippen LogP contribution in [0.15, 0.2) is 46.8 Å². The molecule has 1 saturated heterocycles. The second-order valence-corrected chi connectivity index (χ2v) is 9.14. The molecule has 0 aliphatic carbocycles. The minimum Gasteiger partial charge on any atom is -0.383 e. The number of nitrogens with zero attached hydrogens (tertiary/aromatic N) is 3. The van der Waals surface area contributed by atoms with Crippen molar-refractivity contribution in [1.29, 1.82) is 0 Å². The Morgan fingerprint density at radius 2 is 1.77 bits per heavy atom. The monoisotopic (exact) mass is 557 g/mol. The van der Waals surface area contributed by atoms with Gasteiger partial charge in [-0.3, -0.25) is 4.90 Å². The number of aliphatic imine (C=N–C) groups is 1. The van der Waals surface area contributed by atoms with E-state index in [0.717, 1.165) is 50.1 Å². The summed E-state index contributed by atoms with van der Waals surface area (Å²) in [5, 5.41) is 19.2. The average Bonchev–Trinajstić information content (AvgIpc) is 3.29. The molecule has 1 aliphatic heterocycles. The summed E-state index contributed by atoms with van der Waals surface area (Å²) in [4.78, 5) is 10.5. The molecule has 172 valence electrons. The minimum absolute atomic E-state index is 0. The first-order valence-corrected chi connectivity index (χ1v) is 11.6. The van der Waals surface area contributed by atoms with E-state index in [4.69, 9.17) is 4.99 Å². The van der Waals surface area contributed by atoms with Gasteiger partial charge in [0.1, 0.15) is 5.60 Å². The molecule has 0 saturated carbocycles. The van der Waals surface area contributed by atoms with Crippen LogP contribution in [0.5, 0.6) is 0 Å². The van der Waals surface area contributed by atoms with Crippen LogP contribution in [0, 0.1) is 0 Å². The molecule has 8 heteroatoms. The molecule has 1 unspecified atom stereocenters. The van der Waals surface area contributed by atoms with Crippen LogP contribution in [0.25, 0.3) is 0 Å². The van der Waals surface area contributed by atoms with Gasteiger partial charge in [-0.2, -0.15) is 0 Å². The van der Waals surface area contributed by atoms with E-state index in [1.54, 1.807) is 11.3 Å². The first kappa shape index (κ1) is 26.1. The Morgan fingerprint density at radius 1 is 1.10 bits per heavy atom. The summed E-state index contributed by atoms with van der Waals surface area (Å²) < 4.78 is 0. The summed E-state index contributed by atoms with van der Waals surface area (Å²) in [5.74, 6) is 0.718. The SMILES string of the molecule is CCNC(=NCc1ccc(CN2CCN(C)CC2)cc1)NCC(C)(O)c1cccs1.I. The smallest absolute Gasteiger partial charge is 0.191 e. The Bertz CT molecular complexity index is 787. The number of aliphatic hydroxyl groups is 1. The Morgan fingerprint density at radius 3 is 2.39 bits per heavy atom. The van der Waals surface area contributed by atoms with Gasteiger partial charge in [-0.15, -0.1) is 35.3 Å². The molecule has 2 heterocycles. The maximum absolute atomic E-state index is 10.7. The molecule has 1 fully saturated rings. The van der Waals surface area contributed by atoms with Crippen molar-refractivity contribution in [3.05, 3.63) is 57.8 Å². The lowest BCUT2D eigenvalue weighted by atomic mass is 10.1. The third-order valence-electron chi connectivity index (χ3n) is 5.44. The van der Waals surface area contributed by atoms with Gasteiger partial charge in [0, 0.05) is 44.1 Å². The van der Waals surface area contributed by atoms with Crippen molar-refractivity contribution in [3.63, 3.8) is 0 Å². The van der Waals surface area contributed by atoms with Crippen molar-refractivity contribution in [3.8, 4) is 0 Å². The molecule has 0 spiro atoms. The van der Waals surface area contributed by atoms with Crippen molar-refractivity contribution >= 4 is 41.3 Å². The van der Waals surface area contributed by atoms with Gasteiger partial charge in [-0.1, -0.05) is 30.3 Å². The third kappa shape index (κ3) is 8.34. The molecule has 6 nitrogen and oxygen atoms in total. The number of nitrogens with one attached hydrogen (secondary N) is 2. The Hall–Kier alpha value is -1.20. The summed E-state index contributed by atoms with van der Waals surface area (Å²) in [7, 11) is 2.19. The molecule has 0 amide bonds. The van der Waals surface area contributed by atoms with Crippen LogP contribution in [0.4, 0.5) is 0 Å². The quantitative estimate of drug-likeness (QED) is 0.265.